The van der Waals surface area contributed by atoms with Gasteiger partial charge in [0.25, 0.3) is 5.91 Å². The summed E-state index contributed by atoms with van der Waals surface area (Å²) in [4.78, 5) is 31.2. The van der Waals surface area contributed by atoms with Crippen LogP contribution in [0.3, 0.4) is 0 Å². The third-order valence-corrected chi connectivity index (χ3v) is 6.57. The third-order valence-electron chi connectivity index (χ3n) is 5.52. The number of carbonyl (C=O) groups excluding carboxylic acids is 2. The summed E-state index contributed by atoms with van der Waals surface area (Å²) >= 11 is 1.65. The summed E-state index contributed by atoms with van der Waals surface area (Å²) in [7, 11) is 0. The largest absolute Gasteiger partial charge is 0.355 e. The number of carbonyl (C=O) groups is 2. The van der Waals surface area contributed by atoms with Gasteiger partial charge in [0.15, 0.2) is 0 Å². The number of hydrogen-bond acceptors (Lipinski definition) is 5. The molecule has 0 bridgehead atoms. The van der Waals surface area contributed by atoms with Crippen molar-refractivity contribution in [1.82, 2.24) is 15.2 Å². The molecule has 1 aliphatic heterocycles. The highest BCUT2D eigenvalue weighted by molar-refractivity contribution is 7.09. The Kier molecular flexibility index (Phi) is 5.91. The minimum absolute atomic E-state index is 0.0127. The fraction of sp³-hybridized carbons (Fsp3) is 0.455. The fourth-order valence-electron chi connectivity index (χ4n) is 3.66. The Hall–Kier alpha value is -2.72. The lowest BCUT2D eigenvalue weighted by Gasteiger charge is -2.32. The Morgan fingerprint density at radius 2 is 2.03 bits per heavy atom. The lowest BCUT2D eigenvalue weighted by Crippen LogP contribution is -2.39. The van der Waals surface area contributed by atoms with Crippen LogP contribution in [0.25, 0.3) is 0 Å². The van der Waals surface area contributed by atoms with Crippen molar-refractivity contribution in [3.05, 3.63) is 51.5 Å². The number of hydrogen-bond donors (Lipinski definition) is 1. The summed E-state index contributed by atoms with van der Waals surface area (Å²) in [6.45, 7) is 2.05. The van der Waals surface area contributed by atoms with Crippen LogP contribution in [0.5, 0.6) is 0 Å². The molecule has 2 heterocycles. The van der Waals surface area contributed by atoms with Crippen molar-refractivity contribution < 1.29 is 9.59 Å². The first-order valence-electron chi connectivity index (χ1n) is 10.2. The molecule has 150 valence electrons. The highest BCUT2D eigenvalue weighted by Gasteiger charge is 2.29. The number of nitrogens with one attached hydrogen (secondary N) is 1. The molecule has 2 aliphatic rings. The molecule has 1 aliphatic carbocycles. The monoisotopic (exact) mass is 408 g/mol. The van der Waals surface area contributed by atoms with Crippen LogP contribution in [0.4, 0.5) is 0 Å². The zero-order valence-corrected chi connectivity index (χ0v) is 17.1. The van der Waals surface area contributed by atoms with Crippen molar-refractivity contribution >= 4 is 23.2 Å². The molecule has 2 fully saturated rings. The zero-order chi connectivity index (χ0) is 20.2. The van der Waals surface area contributed by atoms with E-state index in [1.165, 1.54) is 0 Å². The molecular formula is C22H24N4O2S. The summed E-state index contributed by atoms with van der Waals surface area (Å²) in [5.41, 5.74) is 2.19. The lowest BCUT2D eigenvalue weighted by atomic mass is 9.98. The second kappa shape index (κ2) is 8.75. The summed E-state index contributed by atoms with van der Waals surface area (Å²) < 4.78 is 0. The Balaban J connectivity index is 1.33. The number of nitrogens with zero attached hydrogens (tertiary/aromatic N) is 3. The van der Waals surface area contributed by atoms with Gasteiger partial charge < -0.3 is 10.2 Å². The Morgan fingerprint density at radius 1 is 1.24 bits per heavy atom. The molecule has 1 saturated carbocycles. The number of aromatic nitrogens is 1. The average molecular weight is 409 g/mol. The maximum atomic E-state index is 12.8. The maximum absolute atomic E-state index is 12.8. The second-order valence-corrected chi connectivity index (χ2v) is 8.66. The van der Waals surface area contributed by atoms with Crippen LogP contribution in [0.1, 0.15) is 58.2 Å². The summed E-state index contributed by atoms with van der Waals surface area (Å²) in [6.07, 6.45) is 4.77. The van der Waals surface area contributed by atoms with Crippen LogP contribution >= 0.6 is 11.3 Å². The number of nitriles is 1. The first kappa shape index (κ1) is 19.6. The van der Waals surface area contributed by atoms with Crippen LogP contribution < -0.4 is 5.32 Å². The van der Waals surface area contributed by atoms with Crippen molar-refractivity contribution in [3.63, 3.8) is 0 Å². The van der Waals surface area contributed by atoms with Crippen LogP contribution in [0.2, 0.25) is 0 Å². The maximum Gasteiger partial charge on any atom is 0.253 e. The van der Waals surface area contributed by atoms with Gasteiger partial charge in [-0.05, 0) is 49.9 Å². The van der Waals surface area contributed by atoms with E-state index in [9.17, 15) is 9.59 Å². The Bertz CT molecular complexity index is 927. The van der Waals surface area contributed by atoms with Crippen molar-refractivity contribution in [2.45, 2.75) is 38.0 Å². The minimum Gasteiger partial charge on any atom is -0.355 e. The molecule has 0 radical (unpaired) electrons. The van der Waals surface area contributed by atoms with Gasteiger partial charge in [-0.1, -0.05) is 0 Å². The molecule has 2 aromatic rings. The summed E-state index contributed by atoms with van der Waals surface area (Å²) in [5.74, 6) is 0.678. The van der Waals surface area contributed by atoms with Crippen molar-refractivity contribution in [3.8, 4) is 6.07 Å². The molecule has 1 N–H and O–H groups in total. The number of likely N-dealkylation sites (tertiary alicyclic amines) is 1. The van der Waals surface area contributed by atoms with Crippen molar-refractivity contribution in [2.75, 3.05) is 19.6 Å². The molecule has 1 aromatic heterocycles. The van der Waals surface area contributed by atoms with E-state index in [-0.39, 0.29) is 23.7 Å². The van der Waals surface area contributed by atoms with Gasteiger partial charge in [0.05, 0.1) is 22.3 Å². The SMILES string of the molecule is N#Cc1ccc(C(=O)N2CCC[C@H](c3nc(CCNC(=O)C4CC4)cs3)C2)cc1. The van der Waals surface area contributed by atoms with Crippen molar-refractivity contribution in [2.24, 2.45) is 5.92 Å². The second-order valence-electron chi connectivity index (χ2n) is 7.77. The van der Waals surface area contributed by atoms with E-state index in [2.05, 4.69) is 16.8 Å². The quantitative estimate of drug-likeness (QED) is 0.796. The van der Waals surface area contributed by atoms with Gasteiger partial charge in [-0.2, -0.15) is 5.26 Å². The number of rotatable bonds is 6. The molecule has 0 spiro atoms. The van der Waals surface area contributed by atoms with Gasteiger partial charge in [-0.25, -0.2) is 4.98 Å². The summed E-state index contributed by atoms with van der Waals surface area (Å²) in [5, 5.41) is 15.0. The smallest absolute Gasteiger partial charge is 0.253 e. The molecule has 6 nitrogen and oxygen atoms in total. The Labute approximate surface area is 174 Å². The van der Waals surface area contributed by atoms with E-state index < -0.39 is 0 Å². The number of thiazole rings is 1. The molecule has 1 atom stereocenters. The Morgan fingerprint density at radius 3 is 2.76 bits per heavy atom. The van der Waals surface area contributed by atoms with E-state index in [1.54, 1.807) is 35.6 Å². The number of amides is 2. The average Bonchev–Trinajstić information content (AvgIpc) is 3.52. The van der Waals surface area contributed by atoms with E-state index in [4.69, 9.17) is 10.2 Å². The van der Waals surface area contributed by atoms with Crippen LogP contribution in [0, 0.1) is 17.2 Å². The molecule has 29 heavy (non-hydrogen) atoms. The zero-order valence-electron chi connectivity index (χ0n) is 16.3. The van der Waals surface area contributed by atoms with Crippen LogP contribution in [-0.4, -0.2) is 41.3 Å². The molecule has 7 heteroatoms. The third kappa shape index (κ3) is 4.83. The van der Waals surface area contributed by atoms with E-state index in [0.717, 1.165) is 49.4 Å². The van der Waals surface area contributed by atoms with Gasteiger partial charge >= 0.3 is 0 Å². The van der Waals surface area contributed by atoms with Crippen LogP contribution in [0.15, 0.2) is 29.6 Å². The molecule has 1 aromatic carbocycles. The molecule has 2 amide bonds. The highest BCUT2D eigenvalue weighted by atomic mass is 32.1. The first-order valence-corrected chi connectivity index (χ1v) is 11.0. The molecule has 4 rings (SSSR count). The fourth-order valence-corrected chi connectivity index (χ4v) is 4.64. The summed E-state index contributed by atoms with van der Waals surface area (Å²) in [6, 6.07) is 8.89. The lowest BCUT2D eigenvalue weighted by molar-refractivity contribution is -0.122. The van der Waals surface area contributed by atoms with Gasteiger partial charge in [0, 0.05) is 48.8 Å². The molecule has 1 saturated heterocycles. The van der Waals surface area contributed by atoms with Gasteiger partial charge in [0.1, 0.15) is 0 Å². The van der Waals surface area contributed by atoms with Gasteiger partial charge in [0.2, 0.25) is 5.91 Å². The van der Waals surface area contributed by atoms with Gasteiger partial charge in [-0.3, -0.25) is 9.59 Å². The normalized spacial score (nSPS) is 18.9. The predicted molar refractivity (Wildman–Crippen MR) is 111 cm³/mol. The predicted octanol–water partition coefficient (Wildman–Crippen LogP) is 3.10. The first-order chi connectivity index (χ1) is 14.1. The minimum atomic E-state index is 0.0127. The standard InChI is InChI=1S/C22H24N4O2S/c23-12-15-3-5-17(6-4-15)22(28)26-11-1-2-18(13-26)21-25-19(14-29-21)9-10-24-20(27)16-7-8-16/h3-6,14,16,18H,1-2,7-11,13H2,(H,24,27)/t18-/m0/s1. The van der Waals surface area contributed by atoms with E-state index in [0.29, 0.717) is 24.2 Å². The topological polar surface area (TPSA) is 86.1 Å². The van der Waals surface area contributed by atoms with Gasteiger partial charge in [-0.15, -0.1) is 11.3 Å². The van der Waals surface area contributed by atoms with Crippen molar-refractivity contribution in [1.29, 1.82) is 5.26 Å². The number of piperidine rings is 1. The molecule has 0 unspecified atom stereocenters. The molecular weight excluding hydrogens is 384 g/mol. The van der Waals surface area contributed by atoms with Crippen LogP contribution in [-0.2, 0) is 11.2 Å². The van der Waals surface area contributed by atoms with E-state index >= 15 is 0 Å². The highest BCUT2D eigenvalue weighted by Crippen LogP contribution is 2.30. The van der Waals surface area contributed by atoms with E-state index in [1.807, 2.05) is 4.90 Å². The number of benzene rings is 1.